The second-order valence-corrected chi connectivity index (χ2v) is 4.24. The minimum atomic E-state index is -0.824. The minimum Gasteiger partial charge on any atom is -0.480 e. The first-order valence-corrected chi connectivity index (χ1v) is 6.02. The summed E-state index contributed by atoms with van der Waals surface area (Å²) in [5, 5.41) is 8.90. The third kappa shape index (κ3) is 2.54. The number of nitrogens with zero attached hydrogens (tertiary/aromatic N) is 3. The van der Waals surface area contributed by atoms with Gasteiger partial charge in [-0.1, -0.05) is 0 Å². The van der Waals surface area contributed by atoms with E-state index < -0.39 is 5.97 Å². The Morgan fingerprint density at radius 1 is 1.41 bits per heavy atom. The zero-order valence-electron chi connectivity index (χ0n) is 10.0. The molecule has 5 heteroatoms. The third-order valence-corrected chi connectivity index (χ3v) is 3.11. The van der Waals surface area contributed by atoms with Gasteiger partial charge in [-0.15, -0.1) is 0 Å². The lowest BCUT2D eigenvalue weighted by Gasteiger charge is -2.25. The highest BCUT2D eigenvalue weighted by Crippen LogP contribution is 2.26. The summed E-state index contributed by atoms with van der Waals surface area (Å²) in [6.45, 7) is 2.59. The molecule has 92 valence electrons. The lowest BCUT2D eigenvalue weighted by Crippen LogP contribution is -2.31. The molecule has 5 nitrogen and oxygen atoms in total. The molecule has 17 heavy (non-hydrogen) atoms. The highest BCUT2D eigenvalue weighted by atomic mass is 16.4. The van der Waals surface area contributed by atoms with E-state index in [9.17, 15) is 4.79 Å². The van der Waals surface area contributed by atoms with Crippen LogP contribution in [0.4, 0.5) is 5.82 Å². The quantitative estimate of drug-likeness (QED) is 0.851. The number of carboxylic acids is 1. The molecule has 0 aromatic carbocycles. The average Bonchev–Trinajstić information content (AvgIpc) is 2.35. The number of likely N-dealkylation sites (N-methyl/N-ethyl adjacent to an activating group) is 1. The van der Waals surface area contributed by atoms with Crippen molar-refractivity contribution in [2.45, 2.75) is 32.6 Å². The molecule has 0 saturated heterocycles. The molecule has 0 atom stereocenters. The standard InChI is InChI=1S/C12H17N3O2/c1-2-15(7-11(16)17)12-9-5-3-4-6-10(9)13-8-14-12/h8H,2-7H2,1H3,(H,16,17). The van der Waals surface area contributed by atoms with Crippen LogP contribution in [-0.4, -0.2) is 34.1 Å². The lowest BCUT2D eigenvalue weighted by atomic mass is 9.96. The molecule has 1 N–H and O–H groups in total. The number of rotatable bonds is 4. The van der Waals surface area contributed by atoms with Crippen LogP contribution in [0.2, 0.25) is 0 Å². The first-order chi connectivity index (χ1) is 8.22. The Kier molecular flexibility index (Phi) is 3.56. The number of aryl methyl sites for hydroxylation is 1. The van der Waals surface area contributed by atoms with Gasteiger partial charge in [-0.05, 0) is 32.6 Å². The van der Waals surface area contributed by atoms with Crippen LogP contribution in [0.3, 0.4) is 0 Å². The smallest absolute Gasteiger partial charge is 0.323 e. The van der Waals surface area contributed by atoms with Crippen LogP contribution in [0.15, 0.2) is 6.33 Å². The molecule has 0 bridgehead atoms. The topological polar surface area (TPSA) is 66.3 Å². The van der Waals surface area contributed by atoms with E-state index in [1.807, 2.05) is 6.92 Å². The van der Waals surface area contributed by atoms with Crippen molar-refractivity contribution in [2.24, 2.45) is 0 Å². The van der Waals surface area contributed by atoms with E-state index in [1.54, 1.807) is 11.2 Å². The second-order valence-electron chi connectivity index (χ2n) is 4.24. The van der Waals surface area contributed by atoms with Crippen LogP contribution < -0.4 is 4.90 Å². The first-order valence-electron chi connectivity index (χ1n) is 6.02. The van der Waals surface area contributed by atoms with Gasteiger partial charge < -0.3 is 10.0 Å². The summed E-state index contributed by atoms with van der Waals surface area (Å²) in [7, 11) is 0. The number of fused-ring (bicyclic) bond motifs is 1. The van der Waals surface area contributed by atoms with Crippen LogP contribution in [0.25, 0.3) is 0 Å². The van der Waals surface area contributed by atoms with Gasteiger partial charge in [0, 0.05) is 17.8 Å². The summed E-state index contributed by atoms with van der Waals surface area (Å²) in [6, 6.07) is 0. The Labute approximate surface area is 100 Å². The predicted octanol–water partition coefficient (Wildman–Crippen LogP) is 1.27. The van der Waals surface area contributed by atoms with E-state index in [4.69, 9.17) is 5.11 Å². The van der Waals surface area contributed by atoms with Crippen molar-refractivity contribution in [1.29, 1.82) is 0 Å². The molecular formula is C12H17N3O2. The molecule has 1 aromatic heterocycles. The van der Waals surface area contributed by atoms with Crippen LogP contribution in [0.1, 0.15) is 31.0 Å². The van der Waals surface area contributed by atoms with Crippen molar-refractivity contribution in [3.8, 4) is 0 Å². The highest BCUT2D eigenvalue weighted by molar-refractivity contribution is 5.73. The largest absolute Gasteiger partial charge is 0.480 e. The number of aromatic nitrogens is 2. The van der Waals surface area contributed by atoms with Crippen molar-refractivity contribution in [3.05, 3.63) is 17.6 Å². The average molecular weight is 235 g/mol. The van der Waals surface area contributed by atoms with Crippen molar-refractivity contribution >= 4 is 11.8 Å². The SMILES string of the molecule is CCN(CC(=O)O)c1ncnc2c1CCCC2. The van der Waals surface area contributed by atoms with Gasteiger partial charge in [0.15, 0.2) is 0 Å². The van der Waals surface area contributed by atoms with Gasteiger partial charge in [0.25, 0.3) is 0 Å². The van der Waals surface area contributed by atoms with Crippen LogP contribution in [0.5, 0.6) is 0 Å². The Bertz CT molecular complexity index is 420. The number of anilines is 1. The van der Waals surface area contributed by atoms with Crippen LogP contribution in [0, 0.1) is 0 Å². The molecule has 0 fully saturated rings. The van der Waals surface area contributed by atoms with Gasteiger partial charge in [0.05, 0.1) is 0 Å². The molecule has 0 aliphatic heterocycles. The van der Waals surface area contributed by atoms with Gasteiger partial charge in [0.2, 0.25) is 0 Å². The maximum Gasteiger partial charge on any atom is 0.323 e. The predicted molar refractivity (Wildman–Crippen MR) is 64.2 cm³/mol. The van der Waals surface area contributed by atoms with E-state index >= 15 is 0 Å². The summed E-state index contributed by atoms with van der Waals surface area (Å²) >= 11 is 0. The normalized spacial score (nSPS) is 14.2. The van der Waals surface area contributed by atoms with E-state index in [-0.39, 0.29) is 6.54 Å². The fourth-order valence-corrected chi connectivity index (χ4v) is 2.28. The Balaban J connectivity index is 2.32. The molecule has 2 rings (SSSR count). The maximum atomic E-state index is 10.8. The summed E-state index contributed by atoms with van der Waals surface area (Å²) in [4.78, 5) is 21.2. The molecular weight excluding hydrogens is 218 g/mol. The fraction of sp³-hybridized carbons (Fsp3) is 0.583. The molecule has 1 aliphatic rings. The Hall–Kier alpha value is -1.65. The van der Waals surface area contributed by atoms with E-state index in [0.29, 0.717) is 6.54 Å². The molecule has 1 aliphatic carbocycles. The maximum absolute atomic E-state index is 10.8. The van der Waals surface area contributed by atoms with Gasteiger partial charge in [-0.25, -0.2) is 9.97 Å². The molecule has 0 unspecified atom stereocenters. The van der Waals surface area contributed by atoms with E-state index in [1.165, 1.54) is 0 Å². The molecule has 0 radical (unpaired) electrons. The number of carboxylic acid groups (broad SMARTS) is 1. The van der Waals surface area contributed by atoms with Gasteiger partial charge >= 0.3 is 5.97 Å². The molecule has 0 amide bonds. The van der Waals surface area contributed by atoms with Crippen molar-refractivity contribution in [2.75, 3.05) is 18.0 Å². The number of aliphatic carboxylic acids is 1. The summed E-state index contributed by atoms with van der Waals surface area (Å²) in [5.74, 6) is -0.0189. The number of carbonyl (C=O) groups is 1. The van der Waals surface area contributed by atoms with Crippen LogP contribution in [-0.2, 0) is 17.6 Å². The van der Waals surface area contributed by atoms with Gasteiger partial charge in [-0.2, -0.15) is 0 Å². The van der Waals surface area contributed by atoms with Crippen molar-refractivity contribution in [3.63, 3.8) is 0 Å². The minimum absolute atomic E-state index is 0.0000463. The third-order valence-electron chi connectivity index (χ3n) is 3.11. The number of hydrogen-bond donors (Lipinski definition) is 1. The first kappa shape index (κ1) is 11.8. The zero-order valence-corrected chi connectivity index (χ0v) is 10.0. The summed E-state index contributed by atoms with van der Waals surface area (Å²) in [6.07, 6.45) is 5.79. The van der Waals surface area contributed by atoms with Gasteiger partial charge in [0.1, 0.15) is 18.7 Å². The fourth-order valence-electron chi connectivity index (χ4n) is 2.28. The Morgan fingerprint density at radius 2 is 2.18 bits per heavy atom. The molecule has 0 saturated carbocycles. The van der Waals surface area contributed by atoms with E-state index in [2.05, 4.69) is 9.97 Å². The summed E-state index contributed by atoms with van der Waals surface area (Å²) in [5.41, 5.74) is 2.23. The Morgan fingerprint density at radius 3 is 2.88 bits per heavy atom. The lowest BCUT2D eigenvalue weighted by molar-refractivity contribution is -0.135. The molecule has 1 aromatic rings. The monoisotopic (exact) mass is 235 g/mol. The van der Waals surface area contributed by atoms with Gasteiger partial charge in [-0.3, -0.25) is 4.79 Å². The second kappa shape index (κ2) is 5.12. The molecule has 0 spiro atoms. The highest BCUT2D eigenvalue weighted by Gasteiger charge is 2.20. The van der Waals surface area contributed by atoms with E-state index in [0.717, 1.165) is 42.8 Å². The molecule has 1 heterocycles. The number of hydrogen-bond acceptors (Lipinski definition) is 4. The van der Waals surface area contributed by atoms with Crippen LogP contribution >= 0.6 is 0 Å². The zero-order chi connectivity index (χ0) is 12.3. The van der Waals surface area contributed by atoms with Crippen molar-refractivity contribution < 1.29 is 9.90 Å². The summed E-state index contributed by atoms with van der Waals surface area (Å²) < 4.78 is 0. The van der Waals surface area contributed by atoms with Crippen molar-refractivity contribution in [1.82, 2.24) is 9.97 Å².